The zero-order valence-corrected chi connectivity index (χ0v) is 21.9. The lowest BCUT2D eigenvalue weighted by atomic mass is 9.95. The summed E-state index contributed by atoms with van der Waals surface area (Å²) in [6.07, 6.45) is 1.62. The van der Waals surface area contributed by atoms with Crippen LogP contribution in [0.25, 0.3) is 5.76 Å². The highest BCUT2D eigenvalue weighted by molar-refractivity contribution is 7.17. The molecule has 8 nitrogen and oxygen atoms in total. The average Bonchev–Trinajstić information content (AvgIpc) is 3.39. The van der Waals surface area contributed by atoms with E-state index in [4.69, 9.17) is 21.1 Å². The molecule has 0 aliphatic carbocycles. The third-order valence-corrected chi connectivity index (χ3v) is 7.15. The van der Waals surface area contributed by atoms with Crippen molar-refractivity contribution in [3.63, 3.8) is 0 Å². The molecule has 10 heteroatoms. The van der Waals surface area contributed by atoms with Crippen LogP contribution in [0.4, 0.5) is 5.13 Å². The van der Waals surface area contributed by atoms with Crippen molar-refractivity contribution in [3.8, 4) is 5.75 Å². The van der Waals surface area contributed by atoms with Gasteiger partial charge in [-0.15, -0.1) is 0 Å². The zero-order chi connectivity index (χ0) is 26.9. The number of aliphatic hydroxyl groups excluding tert-OH is 1. The summed E-state index contributed by atoms with van der Waals surface area (Å²) < 4.78 is 10.4. The number of aryl methyl sites for hydroxylation is 2. The quantitative estimate of drug-likeness (QED) is 0.141. The van der Waals surface area contributed by atoms with Gasteiger partial charge in [0.15, 0.2) is 5.13 Å². The molecule has 1 aliphatic heterocycles. The number of halogens is 1. The molecule has 1 saturated heterocycles. The van der Waals surface area contributed by atoms with E-state index in [9.17, 15) is 19.5 Å². The third kappa shape index (κ3) is 4.87. The number of esters is 1. The molecule has 0 radical (unpaired) electrons. The molecule has 2 aromatic carbocycles. The molecule has 0 bridgehead atoms. The maximum absolute atomic E-state index is 13.4. The van der Waals surface area contributed by atoms with Crippen LogP contribution in [0.15, 0.2) is 60.7 Å². The molecule has 1 N–H and O–H groups in total. The zero-order valence-electron chi connectivity index (χ0n) is 20.3. The normalized spacial score (nSPS) is 16.6. The second-order valence-electron chi connectivity index (χ2n) is 8.21. The summed E-state index contributed by atoms with van der Waals surface area (Å²) in [6.45, 7) is 7.35. The predicted molar refractivity (Wildman–Crippen MR) is 141 cm³/mol. The van der Waals surface area contributed by atoms with Gasteiger partial charge in [-0.25, -0.2) is 9.78 Å². The van der Waals surface area contributed by atoms with E-state index in [0.717, 1.165) is 16.9 Å². The number of hydrogen-bond acceptors (Lipinski definition) is 8. The van der Waals surface area contributed by atoms with Crippen molar-refractivity contribution < 1.29 is 29.0 Å². The molecule has 1 aliphatic rings. The van der Waals surface area contributed by atoms with Crippen molar-refractivity contribution in [2.45, 2.75) is 19.9 Å². The van der Waals surface area contributed by atoms with Crippen LogP contribution in [0.1, 0.15) is 38.1 Å². The van der Waals surface area contributed by atoms with Crippen LogP contribution in [0, 0.1) is 13.8 Å². The number of anilines is 1. The summed E-state index contributed by atoms with van der Waals surface area (Å²) in [6, 6.07) is 10.5. The second-order valence-corrected chi connectivity index (χ2v) is 9.62. The molecule has 1 amide bonds. The number of carbonyl (C=O) groups excluding carboxylic acids is 3. The lowest BCUT2D eigenvalue weighted by molar-refractivity contribution is -0.132. The molecule has 1 atom stereocenters. The average molecular weight is 539 g/mol. The van der Waals surface area contributed by atoms with Crippen LogP contribution >= 0.6 is 22.9 Å². The topological polar surface area (TPSA) is 106 Å². The van der Waals surface area contributed by atoms with E-state index in [1.165, 1.54) is 12.0 Å². The van der Waals surface area contributed by atoms with Crippen molar-refractivity contribution in [3.05, 3.63) is 93.0 Å². The first-order valence-electron chi connectivity index (χ1n) is 11.1. The van der Waals surface area contributed by atoms with Crippen LogP contribution in [-0.4, -0.2) is 41.5 Å². The van der Waals surface area contributed by atoms with E-state index in [1.807, 2.05) is 0 Å². The van der Waals surface area contributed by atoms with E-state index in [1.54, 1.807) is 62.4 Å². The minimum atomic E-state index is -1.04. The van der Waals surface area contributed by atoms with Gasteiger partial charge >= 0.3 is 11.9 Å². The van der Waals surface area contributed by atoms with Crippen molar-refractivity contribution in [1.82, 2.24) is 4.98 Å². The van der Waals surface area contributed by atoms with Gasteiger partial charge in [0, 0.05) is 10.6 Å². The van der Waals surface area contributed by atoms with Crippen LogP contribution in [0.2, 0.25) is 5.02 Å². The van der Waals surface area contributed by atoms with E-state index in [-0.39, 0.29) is 21.3 Å². The van der Waals surface area contributed by atoms with E-state index in [0.29, 0.717) is 34.2 Å². The van der Waals surface area contributed by atoms with Crippen LogP contribution in [0.5, 0.6) is 5.75 Å². The Morgan fingerprint density at radius 1 is 1.24 bits per heavy atom. The smallest absolute Gasteiger partial charge is 0.350 e. The van der Waals surface area contributed by atoms with Gasteiger partial charge in [-0.05, 0) is 55.3 Å². The van der Waals surface area contributed by atoms with Gasteiger partial charge in [0.05, 0.1) is 24.4 Å². The van der Waals surface area contributed by atoms with Gasteiger partial charge in [0.1, 0.15) is 23.0 Å². The van der Waals surface area contributed by atoms with Gasteiger partial charge in [-0.2, -0.15) is 0 Å². The number of Topliss-reactive ketones (excluding diaryl/α,β-unsaturated/α-hetero) is 1. The minimum absolute atomic E-state index is 0.119. The fourth-order valence-electron chi connectivity index (χ4n) is 4.05. The first-order valence-corrected chi connectivity index (χ1v) is 12.3. The maximum atomic E-state index is 13.4. The first-order chi connectivity index (χ1) is 17.7. The van der Waals surface area contributed by atoms with Crippen LogP contribution < -0.4 is 9.64 Å². The molecule has 37 heavy (non-hydrogen) atoms. The van der Waals surface area contributed by atoms with Gasteiger partial charge in [0.25, 0.3) is 5.78 Å². The van der Waals surface area contributed by atoms with Gasteiger partial charge in [0.2, 0.25) is 0 Å². The van der Waals surface area contributed by atoms with E-state index in [2.05, 4.69) is 11.6 Å². The lowest BCUT2D eigenvalue weighted by Gasteiger charge is -2.23. The molecule has 0 unspecified atom stereocenters. The Morgan fingerprint density at radius 3 is 2.65 bits per heavy atom. The number of carbonyl (C=O) groups is 3. The fraction of sp³-hybridized carbons (Fsp3) is 0.185. The number of ketones is 1. The summed E-state index contributed by atoms with van der Waals surface area (Å²) in [5, 5.41) is 11.9. The monoisotopic (exact) mass is 538 g/mol. The standard InChI is InChI=1S/C27H23ClN2O6S/c1-5-11-36-19-10-9-17(12-14(19)2)22(31)20-21(16-7-6-8-18(28)13-16)30(25(33)23(20)32)27-29-15(3)24(37-27)26(34)35-4/h5-10,12-13,21,31H,1,11H2,2-4H3/t21-/m0/s1. The molecule has 0 saturated carbocycles. The fourth-order valence-corrected chi connectivity index (χ4v) is 5.26. The highest BCUT2D eigenvalue weighted by Crippen LogP contribution is 2.44. The number of benzene rings is 2. The number of aliphatic hydroxyl groups is 1. The number of hydrogen-bond donors (Lipinski definition) is 1. The Bertz CT molecular complexity index is 1460. The highest BCUT2D eigenvalue weighted by Gasteiger charge is 2.48. The molecule has 0 spiro atoms. The number of ether oxygens (including phenoxy) is 2. The molecular weight excluding hydrogens is 516 g/mol. The number of amides is 1. The van der Waals surface area contributed by atoms with Crippen molar-refractivity contribution in [1.29, 1.82) is 0 Å². The van der Waals surface area contributed by atoms with Crippen molar-refractivity contribution in [2.75, 3.05) is 18.6 Å². The minimum Gasteiger partial charge on any atom is -0.507 e. The Hall–Kier alpha value is -3.95. The molecule has 4 rings (SSSR count). The Balaban J connectivity index is 1.90. The Labute approximate surface area is 222 Å². The number of rotatable bonds is 7. The van der Waals surface area contributed by atoms with Gasteiger partial charge in [-0.3, -0.25) is 14.5 Å². The molecule has 1 aromatic heterocycles. The van der Waals surface area contributed by atoms with Crippen molar-refractivity contribution >= 4 is 51.5 Å². The van der Waals surface area contributed by atoms with Crippen LogP contribution in [0.3, 0.4) is 0 Å². The Kier molecular flexibility index (Phi) is 7.47. The summed E-state index contributed by atoms with van der Waals surface area (Å²) in [5.74, 6) is -2.15. The van der Waals surface area contributed by atoms with Gasteiger partial charge in [-0.1, -0.05) is 47.7 Å². The number of nitrogens with zero attached hydrogens (tertiary/aromatic N) is 2. The SMILES string of the molecule is C=CCOc1ccc(C(O)=C2C(=O)C(=O)N(c3nc(C)c(C(=O)OC)s3)[C@H]2c2cccc(Cl)c2)cc1C. The maximum Gasteiger partial charge on any atom is 0.350 e. The first kappa shape index (κ1) is 26.1. The summed E-state index contributed by atoms with van der Waals surface area (Å²) in [5.41, 5.74) is 1.77. The largest absolute Gasteiger partial charge is 0.507 e. The van der Waals surface area contributed by atoms with Gasteiger partial charge < -0.3 is 14.6 Å². The van der Waals surface area contributed by atoms with Crippen molar-refractivity contribution in [2.24, 2.45) is 0 Å². The molecule has 2 heterocycles. The molecule has 190 valence electrons. The van der Waals surface area contributed by atoms with Crippen LogP contribution in [-0.2, 0) is 14.3 Å². The highest BCUT2D eigenvalue weighted by atomic mass is 35.5. The Morgan fingerprint density at radius 2 is 2.00 bits per heavy atom. The van der Waals surface area contributed by atoms with E-state index >= 15 is 0 Å². The molecular formula is C27H23ClN2O6S. The number of thiazole rings is 1. The summed E-state index contributed by atoms with van der Waals surface area (Å²) >= 11 is 7.17. The molecule has 1 fully saturated rings. The third-order valence-electron chi connectivity index (χ3n) is 5.78. The molecule has 3 aromatic rings. The number of aromatic nitrogens is 1. The summed E-state index contributed by atoms with van der Waals surface area (Å²) in [7, 11) is 1.25. The number of methoxy groups -OCH3 is 1. The van der Waals surface area contributed by atoms with E-state index < -0.39 is 23.7 Å². The lowest BCUT2D eigenvalue weighted by Crippen LogP contribution is -2.29. The summed E-state index contributed by atoms with van der Waals surface area (Å²) in [4.78, 5) is 44.6. The second kappa shape index (κ2) is 10.6. The predicted octanol–water partition coefficient (Wildman–Crippen LogP) is 5.39.